The molecule has 1 atom stereocenters. The zero-order chi connectivity index (χ0) is 7.45. The molecule has 0 aromatic heterocycles. The van der Waals surface area contributed by atoms with Gasteiger partial charge in [0.05, 0.1) is 0 Å². The summed E-state index contributed by atoms with van der Waals surface area (Å²) in [5.41, 5.74) is 0.440. The highest BCUT2D eigenvalue weighted by Gasteiger charge is 2.33. The van der Waals surface area contributed by atoms with E-state index < -0.39 is 0 Å². The first kappa shape index (κ1) is 8.02. The highest BCUT2D eigenvalue weighted by atomic mass is 16.5. The largest absolute Gasteiger partial charge is 0.385 e. The molecule has 1 aliphatic rings. The van der Waals surface area contributed by atoms with Crippen molar-refractivity contribution in [2.75, 3.05) is 20.3 Å². The summed E-state index contributed by atoms with van der Waals surface area (Å²) < 4.78 is 5.04. The van der Waals surface area contributed by atoms with Crippen molar-refractivity contribution in [1.82, 2.24) is 5.32 Å². The number of hydrogen-bond acceptors (Lipinski definition) is 2. The fourth-order valence-corrected chi connectivity index (χ4v) is 1.47. The average molecular weight is 143 g/mol. The lowest BCUT2D eigenvalue weighted by atomic mass is 9.82. The van der Waals surface area contributed by atoms with Gasteiger partial charge in [0.25, 0.3) is 0 Å². The second kappa shape index (κ2) is 3.35. The third kappa shape index (κ3) is 1.50. The van der Waals surface area contributed by atoms with Crippen molar-refractivity contribution >= 4 is 0 Å². The summed E-state index contributed by atoms with van der Waals surface area (Å²) in [4.78, 5) is 0. The zero-order valence-corrected chi connectivity index (χ0v) is 6.94. The Hall–Kier alpha value is -0.0800. The maximum atomic E-state index is 5.04. The standard InChI is InChI=1S/C8H17NO/c1-3-8(4-6-9-8)5-7-10-2/h9H,3-7H2,1-2H3. The summed E-state index contributed by atoms with van der Waals surface area (Å²) in [7, 11) is 1.77. The summed E-state index contributed by atoms with van der Waals surface area (Å²) in [6, 6.07) is 0. The Labute approximate surface area is 63.0 Å². The molecule has 2 nitrogen and oxygen atoms in total. The average Bonchev–Trinajstić information content (AvgIpc) is 1.87. The first-order valence-corrected chi connectivity index (χ1v) is 4.07. The number of hydrogen-bond donors (Lipinski definition) is 1. The molecule has 1 rings (SSSR count). The van der Waals surface area contributed by atoms with Gasteiger partial charge >= 0.3 is 0 Å². The maximum Gasteiger partial charge on any atom is 0.0479 e. The number of nitrogens with one attached hydrogen (secondary N) is 1. The van der Waals surface area contributed by atoms with Crippen LogP contribution in [0.25, 0.3) is 0 Å². The van der Waals surface area contributed by atoms with Gasteiger partial charge in [0.15, 0.2) is 0 Å². The Morgan fingerprint density at radius 2 is 2.30 bits per heavy atom. The molecule has 0 radical (unpaired) electrons. The summed E-state index contributed by atoms with van der Waals surface area (Å²) in [5, 5.41) is 3.46. The van der Waals surface area contributed by atoms with Crippen LogP contribution in [0.5, 0.6) is 0 Å². The van der Waals surface area contributed by atoms with E-state index in [-0.39, 0.29) is 0 Å². The van der Waals surface area contributed by atoms with Crippen LogP contribution in [-0.2, 0) is 4.74 Å². The van der Waals surface area contributed by atoms with Gasteiger partial charge in [-0.25, -0.2) is 0 Å². The molecule has 0 spiro atoms. The van der Waals surface area contributed by atoms with Crippen molar-refractivity contribution in [3.05, 3.63) is 0 Å². The van der Waals surface area contributed by atoms with E-state index in [1.54, 1.807) is 7.11 Å². The zero-order valence-electron chi connectivity index (χ0n) is 6.94. The molecule has 1 fully saturated rings. The Balaban J connectivity index is 2.20. The van der Waals surface area contributed by atoms with Crippen molar-refractivity contribution in [1.29, 1.82) is 0 Å². The second-order valence-corrected chi connectivity index (χ2v) is 3.05. The van der Waals surface area contributed by atoms with Crippen LogP contribution >= 0.6 is 0 Å². The fourth-order valence-electron chi connectivity index (χ4n) is 1.47. The predicted octanol–water partition coefficient (Wildman–Crippen LogP) is 1.17. The molecule has 1 saturated heterocycles. The van der Waals surface area contributed by atoms with Gasteiger partial charge in [0.1, 0.15) is 0 Å². The molecule has 0 aromatic carbocycles. The monoisotopic (exact) mass is 143 g/mol. The van der Waals surface area contributed by atoms with E-state index in [9.17, 15) is 0 Å². The minimum Gasteiger partial charge on any atom is -0.385 e. The van der Waals surface area contributed by atoms with Gasteiger partial charge in [-0.15, -0.1) is 0 Å². The summed E-state index contributed by atoms with van der Waals surface area (Å²) in [6.45, 7) is 4.32. The van der Waals surface area contributed by atoms with Gasteiger partial charge in [-0.3, -0.25) is 0 Å². The third-order valence-corrected chi connectivity index (χ3v) is 2.57. The lowest BCUT2D eigenvalue weighted by Crippen LogP contribution is -2.56. The summed E-state index contributed by atoms with van der Waals surface area (Å²) in [5.74, 6) is 0. The van der Waals surface area contributed by atoms with Crippen LogP contribution < -0.4 is 5.32 Å². The lowest BCUT2D eigenvalue weighted by molar-refractivity contribution is 0.113. The van der Waals surface area contributed by atoms with E-state index in [4.69, 9.17) is 4.74 Å². The van der Waals surface area contributed by atoms with Crippen LogP contribution in [0.4, 0.5) is 0 Å². The van der Waals surface area contributed by atoms with Crippen molar-refractivity contribution in [2.45, 2.75) is 31.7 Å². The highest BCUT2D eigenvalue weighted by molar-refractivity contribution is 4.94. The Bertz CT molecular complexity index is 93.9. The first-order valence-electron chi connectivity index (χ1n) is 4.07. The van der Waals surface area contributed by atoms with E-state index in [0.29, 0.717) is 5.54 Å². The Kier molecular flexibility index (Phi) is 2.69. The van der Waals surface area contributed by atoms with Crippen LogP contribution in [0.15, 0.2) is 0 Å². The normalized spacial score (nSPS) is 31.8. The lowest BCUT2D eigenvalue weighted by Gasteiger charge is -2.42. The van der Waals surface area contributed by atoms with Gasteiger partial charge in [0, 0.05) is 19.3 Å². The van der Waals surface area contributed by atoms with E-state index in [1.165, 1.54) is 25.8 Å². The molecule has 0 bridgehead atoms. The molecule has 0 aromatic rings. The van der Waals surface area contributed by atoms with Crippen molar-refractivity contribution in [3.63, 3.8) is 0 Å². The number of methoxy groups -OCH3 is 1. The minimum atomic E-state index is 0.440. The molecule has 0 aliphatic carbocycles. The van der Waals surface area contributed by atoms with Gasteiger partial charge in [-0.05, 0) is 25.8 Å². The molecule has 1 aliphatic heterocycles. The third-order valence-electron chi connectivity index (χ3n) is 2.57. The van der Waals surface area contributed by atoms with Gasteiger partial charge in [0.2, 0.25) is 0 Å². The minimum absolute atomic E-state index is 0.440. The fraction of sp³-hybridized carbons (Fsp3) is 1.00. The van der Waals surface area contributed by atoms with Gasteiger partial charge in [-0.2, -0.15) is 0 Å². The van der Waals surface area contributed by atoms with Crippen LogP contribution in [-0.4, -0.2) is 25.8 Å². The maximum absolute atomic E-state index is 5.04. The van der Waals surface area contributed by atoms with Crippen LogP contribution in [0, 0.1) is 0 Å². The summed E-state index contributed by atoms with van der Waals surface area (Å²) in [6.07, 6.45) is 3.73. The molecular weight excluding hydrogens is 126 g/mol. The van der Waals surface area contributed by atoms with Crippen LogP contribution in [0.3, 0.4) is 0 Å². The van der Waals surface area contributed by atoms with Crippen LogP contribution in [0.2, 0.25) is 0 Å². The molecule has 1 unspecified atom stereocenters. The Morgan fingerprint density at radius 1 is 1.60 bits per heavy atom. The van der Waals surface area contributed by atoms with Gasteiger partial charge < -0.3 is 10.1 Å². The molecule has 10 heavy (non-hydrogen) atoms. The number of ether oxygens (including phenoxy) is 1. The molecule has 0 amide bonds. The van der Waals surface area contributed by atoms with E-state index in [1.807, 2.05) is 0 Å². The van der Waals surface area contributed by atoms with Crippen molar-refractivity contribution in [3.8, 4) is 0 Å². The van der Waals surface area contributed by atoms with Crippen LogP contribution in [0.1, 0.15) is 26.2 Å². The van der Waals surface area contributed by atoms with E-state index in [2.05, 4.69) is 12.2 Å². The predicted molar refractivity (Wildman–Crippen MR) is 42.1 cm³/mol. The smallest absolute Gasteiger partial charge is 0.0479 e. The highest BCUT2D eigenvalue weighted by Crippen LogP contribution is 2.26. The Morgan fingerprint density at radius 3 is 2.60 bits per heavy atom. The van der Waals surface area contributed by atoms with Crippen molar-refractivity contribution in [2.24, 2.45) is 0 Å². The molecular formula is C8H17NO. The first-order chi connectivity index (χ1) is 4.83. The van der Waals surface area contributed by atoms with Crippen molar-refractivity contribution < 1.29 is 4.74 Å². The molecule has 2 heteroatoms. The van der Waals surface area contributed by atoms with Gasteiger partial charge in [-0.1, -0.05) is 6.92 Å². The molecule has 1 heterocycles. The molecule has 0 saturated carbocycles. The van der Waals surface area contributed by atoms with E-state index in [0.717, 1.165) is 6.61 Å². The van der Waals surface area contributed by atoms with E-state index >= 15 is 0 Å². The topological polar surface area (TPSA) is 21.3 Å². The second-order valence-electron chi connectivity index (χ2n) is 3.05. The molecule has 60 valence electrons. The molecule has 1 N–H and O–H groups in total. The summed E-state index contributed by atoms with van der Waals surface area (Å²) >= 11 is 0. The SMILES string of the molecule is CCC1(CCOC)CCN1. The quantitative estimate of drug-likeness (QED) is 0.637. The number of rotatable bonds is 4.